The van der Waals surface area contributed by atoms with Crippen molar-refractivity contribution in [3.05, 3.63) is 100 Å². The van der Waals surface area contributed by atoms with E-state index >= 15 is 0 Å². The molecule has 1 aromatic heterocycles. The Balaban J connectivity index is 1.18. The molecule has 0 bridgehead atoms. The van der Waals surface area contributed by atoms with Gasteiger partial charge >= 0.3 is 0 Å². The number of piperidine rings is 1. The van der Waals surface area contributed by atoms with Crippen LogP contribution in [-0.2, 0) is 11.3 Å². The second kappa shape index (κ2) is 11.3. The van der Waals surface area contributed by atoms with Gasteiger partial charge in [0.2, 0.25) is 5.91 Å². The van der Waals surface area contributed by atoms with Gasteiger partial charge in [0.1, 0.15) is 5.75 Å². The summed E-state index contributed by atoms with van der Waals surface area (Å²) in [6, 6.07) is 22.9. The number of ether oxygens (including phenoxy) is 1. The number of aromatic amines is 1. The number of methoxy groups -OCH3 is 1. The number of hydrogen-bond donors (Lipinski definition) is 2. The van der Waals surface area contributed by atoms with Crippen LogP contribution < -0.4 is 10.1 Å². The van der Waals surface area contributed by atoms with Crippen molar-refractivity contribution in [3.63, 3.8) is 0 Å². The quantitative estimate of drug-likeness (QED) is 0.293. The lowest BCUT2D eigenvalue weighted by Crippen LogP contribution is -2.28. The third-order valence-electron chi connectivity index (χ3n) is 7.81. The number of benzene rings is 3. The maximum absolute atomic E-state index is 12.7. The Bertz CT molecular complexity index is 1530. The Morgan fingerprint density at radius 1 is 0.974 bits per heavy atom. The van der Waals surface area contributed by atoms with Crippen molar-refractivity contribution < 1.29 is 9.53 Å². The number of hydrogen-bond acceptors (Lipinski definition) is 4. The Labute approximate surface area is 229 Å². The molecule has 39 heavy (non-hydrogen) atoms. The van der Waals surface area contributed by atoms with E-state index in [2.05, 4.69) is 69.0 Å². The molecule has 1 atom stereocenters. The van der Waals surface area contributed by atoms with Gasteiger partial charge in [-0.15, -0.1) is 0 Å². The summed E-state index contributed by atoms with van der Waals surface area (Å²) in [5.41, 5.74) is 7.15. The van der Waals surface area contributed by atoms with Crippen molar-refractivity contribution in [2.24, 2.45) is 0 Å². The van der Waals surface area contributed by atoms with Gasteiger partial charge in [-0.25, -0.2) is 0 Å². The number of H-pyrrole nitrogens is 1. The minimum atomic E-state index is -0.0295. The lowest BCUT2D eigenvalue weighted by Gasteiger charge is -2.26. The van der Waals surface area contributed by atoms with Crippen LogP contribution in [-0.4, -0.2) is 47.7 Å². The number of nitrogens with zero attached hydrogens (tertiary/aromatic N) is 2. The average molecular weight is 519 g/mol. The maximum atomic E-state index is 12.7. The Kier molecular flexibility index (Phi) is 7.28. The first-order chi connectivity index (χ1) is 19.2. The van der Waals surface area contributed by atoms with E-state index in [4.69, 9.17) is 4.74 Å². The van der Waals surface area contributed by atoms with Crippen LogP contribution in [0.5, 0.6) is 5.75 Å². The molecule has 4 aromatic rings. The maximum Gasteiger partial charge on any atom is 0.247 e. The molecule has 0 aliphatic carbocycles. The fraction of sp³-hybridized carbons (Fsp3) is 0.273. The molecule has 6 rings (SSSR count). The summed E-state index contributed by atoms with van der Waals surface area (Å²) in [6.07, 6.45) is 10.1. The van der Waals surface area contributed by atoms with Crippen LogP contribution in [0.2, 0.25) is 0 Å². The van der Waals surface area contributed by atoms with Crippen molar-refractivity contribution in [3.8, 4) is 5.75 Å². The zero-order valence-corrected chi connectivity index (χ0v) is 22.3. The van der Waals surface area contributed by atoms with Gasteiger partial charge in [0.15, 0.2) is 0 Å². The van der Waals surface area contributed by atoms with E-state index in [-0.39, 0.29) is 11.8 Å². The topological polar surface area (TPSA) is 70.2 Å². The highest BCUT2D eigenvalue weighted by molar-refractivity contribution is 6.02. The Morgan fingerprint density at radius 3 is 2.62 bits per heavy atom. The first kappa shape index (κ1) is 25.1. The molecule has 0 spiro atoms. The molecule has 0 saturated carbocycles. The third-order valence-corrected chi connectivity index (χ3v) is 7.81. The summed E-state index contributed by atoms with van der Waals surface area (Å²) in [4.78, 5) is 15.2. The lowest BCUT2D eigenvalue weighted by molar-refractivity contribution is -0.116. The van der Waals surface area contributed by atoms with Gasteiger partial charge in [0.05, 0.1) is 18.3 Å². The van der Waals surface area contributed by atoms with E-state index in [9.17, 15) is 4.79 Å². The van der Waals surface area contributed by atoms with Crippen molar-refractivity contribution in [1.82, 2.24) is 20.4 Å². The molecule has 3 heterocycles. The van der Waals surface area contributed by atoms with E-state index in [1.54, 1.807) is 7.11 Å². The summed E-state index contributed by atoms with van der Waals surface area (Å²) in [5, 5.41) is 11.7. The number of likely N-dealkylation sites (tertiary alicyclic amines) is 1. The molecule has 0 radical (unpaired) electrons. The van der Waals surface area contributed by atoms with Crippen LogP contribution in [0.25, 0.3) is 29.1 Å². The smallest absolute Gasteiger partial charge is 0.247 e. The largest absolute Gasteiger partial charge is 0.497 e. The molecule has 1 amide bonds. The summed E-state index contributed by atoms with van der Waals surface area (Å²) in [5.74, 6) is 0.743. The molecule has 2 aliphatic heterocycles. The van der Waals surface area contributed by atoms with E-state index in [0.29, 0.717) is 6.54 Å². The first-order valence-corrected chi connectivity index (χ1v) is 13.8. The lowest BCUT2D eigenvalue weighted by atomic mass is 9.92. The molecule has 3 aromatic carbocycles. The molecular formula is C33H34N4O2. The van der Waals surface area contributed by atoms with Crippen molar-refractivity contribution in [1.29, 1.82) is 0 Å². The fourth-order valence-corrected chi connectivity index (χ4v) is 5.63. The highest BCUT2D eigenvalue weighted by Gasteiger charge is 2.29. The second-order valence-electron chi connectivity index (χ2n) is 10.5. The number of fused-ring (bicyclic) bond motifs is 1. The van der Waals surface area contributed by atoms with Gasteiger partial charge < -0.3 is 10.1 Å². The molecule has 2 N–H and O–H groups in total. The molecule has 198 valence electrons. The normalized spacial score (nSPS) is 19.3. The monoisotopic (exact) mass is 518 g/mol. The van der Waals surface area contributed by atoms with Crippen molar-refractivity contribution in [2.75, 3.05) is 26.7 Å². The first-order valence-electron chi connectivity index (χ1n) is 13.8. The van der Waals surface area contributed by atoms with Gasteiger partial charge in [0.25, 0.3) is 0 Å². The zero-order chi connectivity index (χ0) is 26.6. The average Bonchev–Trinajstić information content (AvgIpc) is 3.56. The van der Waals surface area contributed by atoms with Crippen LogP contribution in [0, 0.1) is 0 Å². The van der Waals surface area contributed by atoms with Crippen LogP contribution in [0.1, 0.15) is 53.1 Å². The number of aromatic nitrogens is 2. The van der Waals surface area contributed by atoms with E-state index in [1.807, 2.05) is 36.4 Å². The van der Waals surface area contributed by atoms with E-state index in [0.717, 1.165) is 51.2 Å². The highest BCUT2D eigenvalue weighted by Crippen LogP contribution is 2.32. The minimum Gasteiger partial charge on any atom is -0.497 e. The van der Waals surface area contributed by atoms with E-state index in [1.165, 1.54) is 37.9 Å². The Hall–Kier alpha value is -4.16. The third kappa shape index (κ3) is 5.66. The number of amides is 1. The number of nitrogens with one attached hydrogen (secondary N) is 2. The van der Waals surface area contributed by atoms with E-state index < -0.39 is 0 Å². The summed E-state index contributed by atoms with van der Waals surface area (Å²) in [7, 11) is 1.66. The van der Waals surface area contributed by atoms with Gasteiger partial charge in [-0.2, -0.15) is 5.10 Å². The van der Waals surface area contributed by atoms with Gasteiger partial charge in [-0.05, 0) is 84.6 Å². The number of carbonyl (C=O) groups excluding carboxylic acids is 1. The van der Waals surface area contributed by atoms with Gasteiger partial charge in [-0.3, -0.25) is 14.8 Å². The SMILES string of the molecule is COc1cccc(C2CNC(=O)C2=Cc2ccc3c(/C=C/c4ccc(CN5CCCCC5)cc4)n[nH]c3c2)c1. The number of rotatable bonds is 7. The van der Waals surface area contributed by atoms with Crippen molar-refractivity contribution >= 4 is 35.0 Å². The molecule has 6 nitrogen and oxygen atoms in total. The van der Waals surface area contributed by atoms with Gasteiger partial charge in [-0.1, -0.05) is 55.0 Å². The molecule has 2 fully saturated rings. The molecule has 2 saturated heterocycles. The van der Waals surface area contributed by atoms with Gasteiger partial charge in [0, 0.05) is 30.0 Å². The molecular weight excluding hydrogens is 484 g/mol. The number of carbonyl (C=O) groups is 1. The predicted octanol–water partition coefficient (Wildman–Crippen LogP) is 6.02. The van der Waals surface area contributed by atoms with Crippen LogP contribution in [0.15, 0.2) is 72.3 Å². The van der Waals surface area contributed by atoms with Crippen LogP contribution >= 0.6 is 0 Å². The molecule has 6 heteroatoms. The standard InChI is InChI=1S/C33H34N4O2/c1-39-27-7-5-6-26(20-27)30-21-34-33(38)29(30)18-25-12-14-28-31(35-36-32(28)19-25)15-13-23-8-10-24(11-9-23)22-37-16-3-2-4-17-37/h5-15,18-20,30H,2-4,16-17,21-22H2,1H3,(H,34,38)(H,35,36)/b15-13+,29-18?. The highest BCUT2D eigenvalue weighted by atomic mass is 16.5. The predicted molar refractivity (Wildman–Crippen MR) is 157 cm³/mol. The summed E-state index contributed by atoms with van der Waals surface area (Å²) in [6.45, 7) is 4.04. The van der Waals surface area contributed by atoms with Crippen LogP contribution in [0.4, 0.5) is 0 Å². The zero-order valence-electron chi connectivity index (χ0n) is 22.3. The fourth-order valence-electron chi connectivity index (χ4n) is 5.63. The minimum absolute atomic E-state index is 0.0187. The summed E-state index contributed by atoms with van der Waals surface area (Å²) >= 11 is 0. The molecule has 2 aliphatic rings. The Morgan fingerprint density at radius 2 is 1.79 bits per heavy atom. The second-order valence-corrected chi connectivity index (χ2v) is 10.5. The van der Waals surface area contributed by atoms with Crippen molar-refractivity contribution in [2.45, 2.75) is 31.7 Å². The molecule has 1 unspecified atom stereocenters. The summed E-state index contributed by atoms with van der Waals surface area (Å²) < 4.78 is 5.38. The van der Waals surface area contributed by atoms with Crippen LogP contribution in [0.3, 0.4) is 0 Å².